The zero-order valence-electron chi connectivity index (χ0n) is 14.7. The van der Waals surface area contributed by atoms with Crippen LogP contribution in [0.3, 0.4) is 0 Å². The third-order valence-corrected chi connectivity index (χ3v) is 4.75. The minimum absolute atomic E-state index is 0.309. The van der Waals surface area contributed by atoms with E-state index in [-0.39, 0.29) is 6.10 Å². The third-order valence-electron chi connectivity index (χ3n) is 4.75. The van der Waals surface area contributed by atoms with E-state index in [4.69, 9.17) is 4.74 Å². The summed E-state index contributed by atoms with van der Waals surface area (Å²) in [5, 5.41) is 0.963. The largest absolute Gasteiger partial charge is 0.416 e. The van der Waals surface area contributed by atoms with Crippen LogP contribution in [0.15, 0.2) is 48.8 Å². The summed E-state index contributed by atoms with van der Waals surface area (Å²) in [5.41, 5.74) is 2.05. The highest BCUT2D eigenvalue weighted by Crippen LogP contribution is 2.32. The van der Waals surface area contributed by atoms with Gasteiger partial charge >= 0.3 is 6.18 Å². The van der Waals surface area contributed by atoms with Gasteiger partial charge < -0.3 is 9.64 Å². The highest BCUT2D eigenvalue weighted by atomic mass is 19.4. The predicted octanol–water partition coefficient (Wildman–Crippen LogP) is 4.53. The maximum atomic E-state index is 12.8. The molecule has 7 heteroatoms. The van der Waals surface area contributed by atoms with Gasteiger partial charge in [0.2, 0.25) is 0 Å². The van der Waals surface area contributed by atoms with Crippen LogP contribution in [0.4, 0.5) is 19.0 Å². The Morgan fingerprint density at radius 1 is 1.07 bits per heavy atom. The first-order valence-corrected chi connectivity index (χ1v) is 8.67. The van der Waals surface area contributed by atoms with E-state index in [9.17, 15) is 13.2 Å². The fourth-order valence-electron chi connectivity index (χ4n) is 3.34. The van der Waals surface area contributed by atoms with Gasteiger partial charge in [-0.1, -0.05) is 23.8 Å². The van der Waals surface area contributed by atoms with Gasteiger partial charge in [0.1, 0.15) is 18.2 Å². The van der Waals surface area contributed by atoms with Crippen molar-refractivity contribution in [3.05, 3.63) is 65.5 Å². The molecule has 0 saturated carbocycles. The van der Waals surface area contributed by atoms with E-state index in [1.807, 2.05) is 25.1 Å². The first-order valence-electron chi connectivity index (χ1n) is 8.67. The van der Waals surface area contributed by atoms with Crippen molar-refractivity contribution in [2.75, 3.05) is 24.6 Å². The molecule has 1 aromatic heterocycles. The lowest BCUT2D eigenvalue weighted by molar-refractivity contribution is -0.137. The second-order valence-corrected chi connectivity index (χ2v) is 6.64. The van der Waals surface area contributed by atoms with Gasteiger partial charge in [-0.15, -0.1) is 0 Å². The number of hydrogen-bond acceptors (Lipinski definition) is 4. The van der Waals surface area contributed by atoms with E-state index >= 15 is 0 Å². The van der Waals surface area contributed by atoms with E-state index < -0.39 is 11.7 Å². The molecule has 3 aromatic rings. The van der Waals surface area contributed by atoms with Crippen LogP contribution in [0.1, 0.15) is 22.8 Å². The quantitative estimate of drug-likeness (QED) is 0.661. The van der Waals surface area contributed by atoms with Gasteiger partial charge in [0.25, 0.3) is 0 Å². The van der Waals surface area contributed by atoms with Gasteiger partial charge in [0.15, 0.2) is 0 Å². The maximum Gasteiger partial charge on any atom is 0.416 e. The van der Waals surface area contributed by atoms with Crippen LogP contribution in [0.5, 0.6) is 0 Å². The molecular weight excluding hydrogens is 355 g/mol. The molecule has 1 unspecified atom stereocenters. The molecule has 4 rings (SSSR count). The van der Waals surface area contributed by atoms with E-state index in [2.05, 4.69) is 14.9 Å². The number of nitrogens with zero attached hydrogens (tertiary/aromatic N) is 3. The molecule has 4 nitrogen and oxygen atoms in total. The lowest BCUT2D eigenvalue weighted by Gasteiger charge is -2.34. The van der Waals surface area contributed by atoms with Crippen LogP contribution >= 0.6 is 0 Å². The number of halogens is 3. The molecule has 1 fully saturated rings. The van der Waals surface area contributed by atoms with Crippen molar-refractivity contribution in [3.63, 3.8) is 0 Å². The van der Waals surface area contributed by atoms with Crippen molar-refractivity contribution in [1.82, 2.24) is 9.97 Å². The Morgan fingerprint density at radius 3 is 2.59 bits per heavy atom. The van der Waals surface area contributed by atoms with Gasteiger partial charge in [-0.05, 0) is 36.8 Å². The van der Waals surface area contributed by atoms with Crippen molar-refractivity contribution in [2.45, 2.75) is 19.2 Å². The molecule has 0 bridgehead atoms. The van der Waals surface area contributed by atoms with E-state index in [1.54, 1.807) is 0 Å². The maximum absolute atomic E-state index is 12.8. The van der Waals surface area contributed by atoms with Gasteiger partial charge in [-0.25, -0.2) is 9.97 Å². The van der Waals surface area contributed by atoms with Gasteiger partial charge in [0.05, 0.1) is 17.7 Å². The smallest absolute Gasteiger partial charge is 0.370 e. The number of aromatic nitrogens is 2. The average molecular weight is 373 g/mol. The number of rotatable bonds is 2. The Labute approximate surface area is 154 Å². The van der Waals surface area contributed by atoms with E-state index in [0.717, 1.165) is 40.0 Å². The first kappa shape index (κ1) is 17.7. The molecule has 0 radical (unpaired) electrons. The summed E-state index contributed by atoms with van der Waals surface area (Å²) in [6.07, 6.45) is -3.11. The average Bonchev–Trinajstić information content (AvgIpc) is 2.67. The Kier molecular flexibility index (Phi) is 4.47. The zero-order valence-corrected chi connectivity index (χ0v) is 14.7. The van der Waals surface area contributed by atoms with Gasteiger partial charge in [-0.3, -0.25) is 0 Å². The lowest BCUT2D eigenvalue weighted by Crippen LogP contribution is -2.39. The molecular formula is C20H18F3N3O. The molecule has 0 aliphatic carbocycles. The van der Waals surface area contributed by atoms with Crippen LogP contribution < -0.4 is 4.90 Å². The number of alkyl halides is 3. The molecule has 1 aliphatic rings. The Bertz CT molecular complexity index is 957. The fraction of sp³-hybridized carbons (Fsp3) is 0.300. The lowest BCUT2D eigenvalue weighted by atomic mass is 10.0. The topological polar surface area (TPSA) is 38.2 Å². The van der Waals surface area contributed by atoms with Crippen molar-refractivity contribution in [1.29, 1.82) is 0 Å². The number of benzene rings is 2. The number of fused-ring (bicyclic) bond motifs is 1. The molecule has 140 valence electrons. The molecule has 1 saturated heterocycles. The zero-order chi connectivity index (χ0) is 19.0. The van der Waals surface area contributed by atoms with Crippen LogP contribution in [0, 0.1) is 6.92 Å². The second-order valence-electron chi connectivity index (χ2n) is 6.64. The minimum Gasteiger partial charge on any atom is -0.370 e. The molecule has 2 aromatic carbocycles. The normalized spacial score (nSPS) is 18.1. The summed E-state index contributed by atoms with van der Waals surface area (Å²) >= 11 is 0. The number of hydrogen-bond donors (Lipinski definition) is 0. The summed E-state index contributed by atoms with van der Waals surface area (Å²) in [7, 11) is 0. The molecule has 0 amide bonds. The van der Waals surface area contributed by atoms with Crippen molar-refractivity contribution < 1.29 is 17.9 Å². The van der Waals surface area contributed by atoms with Gasteiger partial charge in [-0.2, -0.15) is 13.2 Å². The van der Waals surface area contributed by atoms with Gasteiger partial charge in [0, 0.05) is 18.5 Å². The van der Waals surface area contributed by atoms with Crippen molar-refractivity contribution in [3.8, 4) is 0 Å². The Morgan fingerprint density at radius 2 is 1.85 bits per heavy atom. The fourth-order valence-corrected chi connectivity index (χ4v) is 3.34. The van der Waals surface area contributed by atoms with Crippen LogP contribution in [0.25, 0.3) is 10.9 Å². The molecule has 1 aliphatic heterocycles. The number of ether oxygens (including phenoxy) is 1. The monoisotopic (exact) mass is 373 g/mol. The third kappa shape index (κ3) is 3.60. The predicted molar refractivity (Wildman–Crippen MR) is 96.6 cm³/mol. The minimum atomic E-state index is -4.34. The van der Waals surface area contributed by atoms with Crippen LogP contribution in [0.2, 0.25) is 0 Å². The summed E-state index contributed by atoms with van der Waals surface area (Å²) in [4.78, 5) is 10.9. The Hall–Kier alpha value is -2.67. The van der Waals surface area contributed by atoms with E-state index in [0.29, 0.717) is 19.7 Å². The number of aryl methyl sites for hydroxylation is 1. The van der Waals surface area contributed by atoms with E-state index in [1.165, 1.54) is 18.5 Å². The standard InChI is InChI=1S/C20H18F3N3O/c1-13-2-7-17-16(10-13)19(25-12-24-17)26-8-9-27-18(11-26)14-3-5-15(6-4-14)20(21,22)23/h2-7,10,12,18H,8-9,11H2,1H3. The summed E-state index contributed by atoms with van der Waals surface area (Å²) in [5.74, 6) is 0.823. The SMILES string of the molecule is Cc1ccc2ncnc(N3CCOC(c4ccc(C(F)(F)F)cc4)C3)c2c1. The molecule has 0 spiro atoms. The molecule has 27 heavy (non-hydrogen) atoms. The Balaban J connectivity index is 1.61. The summed E-state index contributed by atoms with van der Waals surface area (Å²) in [6, 6.07) is 11.2. The molecule has 2 heterocycles. The second kappa shape index (κ2) is 6.81. The van der Waals surface area contributed by atoms with Crippen LogP contribution in [-0.4, -0.2) is 29.7 Å². The highest BCUT2D eigenvalue weighted by molar-refractivity contribution is 5.89. The van der Waals surface area contributed by atoms with Crippen molar-refractivity contribution in [2.24, 2.45) is 0 Å². The molecule has 1 atom stereocenters. The van der Waals surface area contributed by atoms with Crippen molar-refractivity contribution >= 4 is 16.7 Å². The highest BCUT2D eigenvalue weighted by Gasteiger charge is 2.31. The van der Waals surface area contributed by atoms with Crippen LogP contribution in [-0.2, 0) is 10.9 Å². The first-order chi connectivity index (χ1) is 12.9. The number of morpholine rings is 1. The summed E-state index contributed by atoms with van der Waals surface area (Å²) < 4.78 is 44.1. The molecule has 0 N–H and O–H groups in total. The number of anilines is 1. The summed E-state index contributed by atoms with van der Waals surface area (Å²) in [6.45, 7) is 3.67.